The van der Waals surface area contributed by atoms with Crippen LogP contribution in [0.2, 0.25) is 0 Å². The van der Waals surface area contributed by atoms with Crippen LogP contribution < -0.4 is 5.73 Å². The number of halogens is 2. The molecule has 0 aromatic heterocycles. The summed E-state index contributed by atoms with van der Waals surface area (Å²) in [5, 5.41) is 0. The fraction of sp³-hybridized carbons (Fsp3) is 0.625. The van der Waals surface area contributed by atoms with Gasteiger partial charge in [-0.2, -0.15) is 0 Å². The van der Waals surface area contributed by atoms with Gasteiger partial charge in [-0.1, -0.05) is 6.07 Å². The van der Waals surface area contributed by atoms with E-state index in [0.29, 0.717) is 17.1 Å². The van der Waals surface area contributed by atoms with Gasteiger partial charge in [0.1, 0.15) is 5.82 Å². The standard InChI is InChI=1S/C16H23BrFN3/c17-14-9-12(3-4-15(14)18)16(10-19)21-8-5-13(11-21)20-6-1-2-7-20/h3-4,9,13,16H,1-2,5-8,10-11,19H2. The smallest absolute Gasteiger partial charge is 0.137 e. The molecule has 0 saturated carbocycles. The van der Waals surface area contributed by atoms with Gasteiger partial charge < -0.3 is 5.73 Å². The minimum Gasteiger partial charge on any atom is -0.329 e. The van der Waals surface area contributed by atoms with Crippen molar-refractivity contribution < 1.29 is 4.39 Å². The Kier molecular flexibility index (Phi) is 4.94. The number of hydrogen-bond acceptors (Lipinski definition) is 3. The van der Waals surface area contributed by atoms with Crippen molar-refractivity contribution in [2.45, 2.75) is 31.3 Å². The molecule has 0 amide bonds. The second-order valence-corrected chi connectivity index (χ2v) is 6.96. The average Bonchev–Trinajstić information content (AvgIpc) is 3.14. The molecule has 3 nitrogen and oxygen atoms in total. The molecule has 1 aromatic rings. The predicted molar refractivity (Wildman–Crippen MR) is 86.7 cm³/mol. The van der Waals surface area contributed by atoms with Crippen molar-refractivity contribution in [3.8, 4) is 0 Å². The molecular formula is C16H23BrFN3. The van der Waals surface area contributed by atoms with Crippen molar-refractivity contribution in [3.05, 3.63) is 34.1 Å². The van der Waals surface area contributed by atoms with Crippen LogP contribution in [0.1, 0.15) is 30.9 Å². The van der Waals surface area contributed by atoms with Gasteiger partial charge in [0.15, 0.2) is 0 Å². The molecule has 5 heteroatoms. The topological polar surface area (TPSA) is 32.5 Å². The Balaban J connectivity index is 1.70. The van der Waals surface area contributed by atoms with Crippen LogP contribution in [0.5, 0.6) is 0 Å². The third-order valence-electron chi connectivity index (χ3n) is 4.84. The van der Waals surface area contributed by atoms with Gasteiger partial charge in [-0.05, 0) is 66.0 Å². The highest BCUT2D eigenvalue weighted by molar-refractivity contribution is 9.10. The summed E-state index contributed by atoms with van der Waals surface area (Å²) in [5.41, 5.74) is 7.11. The van der Waals surface area contributed by atoms with Crippen molar-refractivity contribution in [1.29, 1.82) is 0 Å². The quantitative estimate of drug-likeness (QED) is 0.901. The van der Waals surface area contributed by atoms with Crippen molar-refractivity contribution in [3.63, 3.8) is 0 Å². The second-order valence-electron chi connectivity index (χ2n) is 6.11. The van der Waals surface area contributed by atoms with Crippen LogP contribution in [0, 0.1) is 5.82 Å². The largest absolute Gasteiger partial charge is 0.329 e. The van der Waals surface area contributed by atoms with E-state index in [1.165, 1.54) is 38.4 Å². The number of likely N-dealkylation sites (tertiary alicyclic amines) is 2. The number of benzene rings is 1. The number of nitrogens with two attached hydrogens (primary N) is 1. The van der Waals surface area contributed by atoms with Gasteiger partial charge in [0.25, 0.3) is 0 Å². The van der Waals surface area contributed by atoms with E-state index in [1.54, 1.807) is 0 Å². The molecule has 1 aromatic carbocycles. The first kappa shape index (κ1) is 15.4. The van der Waals surface area contributed by atoms with Crippen LogP contribution in [0.15, 0.2) is 22.7 Å². The summed E-state index contributed by atoms with van der Waals surface area (Å²) in [6, 6.07) is 6.12. The Bertz CT molecular complexity index is 490. The van der Waals surface area contributed by atoms with Crippen LogP contribution in [-0.4, -0.2) is 48.6 Å². The zero-order chi connectivity index (χ0) is 14.8. The normalized spacial score (nSPS) is 25.6. The van der Waals surface area contributed by atoms with E-state index in [9.17, 15) is 4.39 Å². The fourth-order valence-electron chi connectivity index (χ4n) is 3.67. The maximum atomic E-state index is 13.4. The number of rotatable bonds is 4. The Morgan fingerprint density at radius 1 is 1.29 bits per heavy atom. The molecule has 21 heavy (non-hydrogen) atoms. The van der Waals surface area contributed by atoms with Crippen LogP contribution in [0.25, 0.3) is 0 Å². The van der Waals surface area contributed by atoms with Crippen LogP contribution in [0.4, 0.5) is 4.39 Å². The lowest BCUT2D eigenvalue weighted by Gasteiger charge is -2.29. The average molecular weight is 356 g/mol. The summed E-state index contributed by atoms with van der Waals surface area (Å²) in [7, 11) is 0. The minimum atomic E-state index is -0.217. The van der Waals surface area contributed by atoms with Gasteiger partial charge in [-0.3, -0.25) is 9.80 Å². The van der Waals surface area contributed by atoms with E-state index >= 15 is 0 Å². The molecule has 2 aliphatic heterocycles. The molecule has 2 fully saturated rings. The number of hydrogen-bond donors (Lipinski definition) is 1. The van der Waals surface area contributed by atoms with E-state index in [-0.39, 0.29) is 11.9 Å². The molecule has 0 spiro atoms. The predicted octanol–water partition coefficient (Wildman–Crippen LogP) is 2.76. The summed E-state index contributed by atoms with van der Waals surface area (Å²) in [6.07, 6.45) is 3.89. The Morgan fingerprint density at radius 3 is 2.71 bits per heavy atom. The molecule has 116 valence electrons. The lowest BCUT2D eigenvalue weighted by Crippen LogP contribution is -2.38. The molecule has 2 saturated heterocycles. The zero-order valence-corrected chi connectivity index (χ0v) is 13.9. The van der Waals surface area contributed by atoms with Gasteiger partial charge in [0.05, 0.1) is 4.47 Å². The second kappa shape index (κ2) is 6.73. The van der Waals surface area contributed by atoms with E-state index in [1.807, 2.05) is 12.1 Å². The Labute approximate surface area is 134 Å². The van der Waals surface area contributed by atoms with Crippen molar-refractivity contribution >= 4 is 15.9 Å². The molecule has 3 rings (SSSR count). The highest BCUT2D eigenvalue weighted by Crippen LogP contribution is 2.29. The van der Waals surface area contributed by atoms with E-state index < -0.39 is 0 Å². The van der Waals surface area contributed by atoms with E-state index in [4.69, 9.17) is 5.73 Å². The monoisotopic (exact) mass is 355 g/mol. The van der Waals surface area contributed by atoms with E-state index in [2.05, 4.69) is 25.7 Å². The zero-order valence-electron chi connectivity index (χ0n) is 12.3. The molecule has 2 aliphatic rings. The molecule has 2 atom stereocenters. The summed E-state index contributed by atoms with van der Waals surface area (Å²) >= 11 is 3.28. The van der Waals surface area contributed by atoms with Crippen molar-refractivity contribution in [2.75, 3.05) is 32.7 Å². The van der Waals surface area contributed by atoms with Crippen LogP contribution in [0.3, 0.4) is 0 Å². The van der Waals surface area contributed by atoms with Gasteiger partial charge in [0, 0.05) is 31.7 Å². The maximum Gasteiger partial charge on any atom is 0.137 e. The van der Waals surface area contributed by atoms with Crippen molar-refractivity contribution in [1.82, 2.24) is 9.80 Å². The lowest BCUT2D eigenvalue weighted by atomic mass is 10.1. The molecule has 2 N–H and O–H groups in total. The third-order valence-corrected chi connectivity index (χ3v) is 5.45. The fourth-order valence-corrected chi connectivity index (χ4v) is 4.07. The molecule has 0 aliphatic carbocycles. The molecule has 2 unspecified atom stereocenters. The minimum absolute atomic E-state index is 0.189. The molecular weight excluding hydrogens is 333 g/mol. The lowest BCUT2D eigenvalue weighted by molar-refractivity contribution is 0.203. The molecule has 0 radical (unpaired) electrons. The van der Waals surface area contributed by atoms with Crippen LogP contribution in [-0.2, 0) is 0 Å². The Morgan fingerprint density at radius 2 is 2.05 bits per heavy atom. The molecule has 0 bridgehead atoms. The van der Waals surface area contributed by atoms with Gasteiger partial charge in [-0.15, -0.1) is 0 Å². The number of nitrogens with zero attached hydrogens (tertiary/aromatic N) is 2. The summed E-state index contributed by atoms with van der Waals surface area (Å²) in [6.45, 7) is 5.22. The first-order valence-electron chi connectivity index (χ1n) is 7.82. The highest BCUT2D eigenvalue weighted by atomic mass is 79.9. The van der Waals surface area contributed by atoms with Gasteiger partial charge >= 0.3 is 0 Å². The maximum absolute atomic E-state index is 13.4. The summed E-state index contributed by atoms with van der Waals surface area (Å²) in [4.78, 5) is 5.08. The summed E-state index contributed by atoms with van der Waals surface area (Å²) < 4.78 is 13.9. The first-order chi connectivity index (χ1) is 10.2. The van der Waals surface area contributed by atoms with Gasteiger partial charge in [-0.25, -0.2) is 4.39 Å². The summed E-state index contributed by atoms with van der Waals surface area (Å²) in [5.74, 6) is -0.217. The molecule has 2 heterocycles. The first-order valence-corrected chi connectivity index (χ1v) is 8.61. The Hall–Kier alpha value is -0.490. The SMILES string of the molecule is NCC(c1ccc(F)c(Br)c1)N1CCC(N2CCCC2)C1. The van der Waals surface area contributed by atoms with Crippen LogP contribution >= 0.6 is 15.9 Å². The van der Waals surface area contributed by atoms with E-state index in [0.717, 1.165) is 18.7 Å². The van der Waals surface area contributed by atoms with Crippen molar-refractivity contribution in [2.24, 2.45) is 5.73 Å². The highest BCUT2D eigenvalue weighted by Gasteiger charge is 2.32. The third kappa shape index (κ3) is 3.31. The van der Waals surface area contributed by atoms with Gasteiger partial charge in [0.2, 0.25) is 0 Å².